The number of ether oxygens (including phenoxy) is 2. The van der Waals surface area contributed by atoms with E-state index in [1.807, 2.05) is 0 Å². The number of carbonyl (C=O) groups excluding carboxylic acids is 2. The summed E-state index contributed by atoms with van der Waals surface area (Å²) in [5.74, 6) is -0.749. The van der Waals surface area contributed by atoms with Crippen LogP contribution in [0.3, 0.4) is 0 Å². The fraction of sp³-hybridized carbons (Fsp3) is 0.400. The van der Waals surface area contributed by atoms with Crippen LogP contribution in [0.1, 0.15) is 47.5 Å². The maximum Gasteiger partial charge on any atom is 0.341 e. The van der Waals surface area contributed by atoms with Crippen LogP contribution in [0.25, 0.3) is 0 Å². The number of aryl methyl sites for hydroxylation is 1. The number of rotatable bonds is 6. The predicted molar refractivity (Wildman–Crippen MR) is 102 cm³/mol. The molecule has 2 aromatic rings. The third kappa shape index (κ3) is 4.47. The first kappa shape index (κ1) is 19.4. The lowest BCUT2D eigenvalue weighted by Crippen LogP contribution is -2.30. The molecule has 3 rings (SSSR count). The Labute approximate surface area is 161 Å². The molecule has 27 heavy (non-hydrogen) atoms. The minimum absolute atomic E-state index is 0.279. The fourth-order valence-corrected chi connectivity index (χ4v) is 4.34. The van der Waals surface area contributed by atoms with Gasteiger partial charge in [0.25, 0.3) is 5.91 Å². The molecule has 1 aromatic carbocycles. The lowest BCUT2D eigenvalue weighted by atomic mass is 9.95. The number of fused-ring (bicyclic) bond motifs is 1. The van der Waals surface area contributed by atoms with Crippen molar-refractivity contribution in [1.82, 2.24) is 0 Å². The molecule has 0 saturated carbocycles. The summed E-state index contributed by atoms with van der Waals surface area (Å²) >= 11 is 1.43. The molecule has 1 aliphatic carbocycles. The summed E-state index contributed by atoms with van der Waals surface area (Å²) in [7, 11) is 0. The normalized spacial score (nSPS) is 14.2. The van der Waals surface area contributed by atoms with E-state index in [0.717, 1.165) is 36.1 Å². The highest BCUT2D eigenvalue weighted by Crippen LogP contribution is 2.38. The SMILES string of the molecule is CCOC(=O)c1c(NC(=O)C(C)Oc2ccc(F)cc2)sc2c1CCCC2. The molecular weight excluding hydrogens is 369 g/mol. The highest BCUT2D eigenvalue weighted by atomic mass is 32.1. The molecular formula is C20H22FNO4S. The van der Waals surface area contributed by atoms with E-state index >= 15 is 0 Å². The number of esters is 1. The first-order chi connectivity index (χ1) is 13.0. The van der Waals surface area contributed by atoms with Crippen LogP contribution >= 0.6 is 11.3 Å². The third-order valence-corrected chi connectivity index (χ3v) is 5.59. The Bertz CT molecular complexity index is 831. The molecule has 0 saturated heterocycles. The Balaban J connectivity index is 1.77. The smallest absolute Gasteiger partial charge is 0.341 e. The molecule has 0 aliphatic heterocycles. The van der Waals surface area contributed by atoms with Gasteiger partial charge in [-0.25, -0.2) is 9.18 Å². The summed E-state index contributed by atoms with van der Waals surface area (Å²) in [4.78, 5) is 26.1. The van der Waals surface area contributed by atoms with Gasteiger partial charge < -0.3 is 14.8 Å². The summed E-state index contributed by atoms with van der Waals surface area (Å²) in [6.45, 7) is 3.64. The van der Waals surface area contributed by atoms with E-state index in [1.54, 1.807) is 13.8 Å². The summed E-state index contributed by atoms with van der Waals surface area (Å²) in [6, 6.07) is 5.47. The summed E-state index contributed by atoms with van der Waals surface area (Å²) < 4.78 is 23.7. The number of hydrogen-bond donors (Lipinski definition) is 1. The van der Waals surface area contributed by atoms with Crippen LogP contribution in [-0.2, 0) is 22.4 Å². The van der Waals surface area contributed by atoms with Gasteiger partial charge >= 0.3 is 5.97 Å². The quantitative estimate of drug-likeness (QED) is 0.744. The Morgan fingerprint density at radius 2 is 1.93 bits per heavy atom. The molecule has 1 aliphatic rings. The average molecular weight is 391 g/mol. The highest BCUT2D eigenvalue weighted by molar-refractivity contribution is 7.17. The number of benzene rings is 1. The molecule has 1 heterocycles. The fourth-order valence-electron chi connectivity index (χ4n) is 3.06. The Hall–Kier alpha value is -2.41. The second-order valence-corrected chi connectivity index (χ2v) is 7.44. The maximum atomic E-state index is 13.0. The van der Waals surface area contributed by atoms with Crippen molar-refractivity contribution in [2.45, 2.75) is 45.6 Å². The lowest BCUT2D eigenvalue weighted by Gasteiger charge is -2.15. The van der Waals surface area contributed by atoms with Crippen LogP contribution < -0.4 is 10.1 Å². The highest BCUT2D eigenvalue weighted by Gasteiger charge is 2.28. The molecule has 0 fully saturated rings. The van der Waals surface area contributed by atoms with Crippen molar-refractivity contribution in [3.63, 3.8) is 0 Å². The molecule has 1 aromatic heterocycles. The zero-order valence-electron chi connectivity index (χ0n) is 15.3. The van der Waals surface area contributed by atoms with E-state index in [0.29, 0.717) is 16.3 Å². The van der Waals surface area contributed by atoms with Crippen LogP contribution in [0.5, 0.6) is 5.75 Å². The predicted octanol–water partition coefficient (Wildman–Crippen LogP) is 4.35. The van der Waals surface area contributed by atoms with Crippen LogP contribution in [0.15, 0.2) is 24.3 Å². The van der Waals surface area contributed by atoms with Gasteiger partial charge in [-0.15, -0.1) is 11.3 Å². The van der Waals surface area contributed by atoms with Crippen molar-refractivity contribution in [3.05, 3.63) is 46.1 Å². The van der Waals surface area contributed by atoms with Gasteiger partial charge in [0, 0.05) is 4.88 Å². The monoisotopic (exact) mass is 391 g/mol. The first-order valence-electron chi connectivity index (χ1n) is 9.04. The van der Waals surface area contributed by atoms with E-state index in [9.17, 15) is 14.0 Å². The van der Waals surface area contributed by atoms with Crippen LogP contribution in [0, 0.1) is 5.82 Å². The minimum Gasteiger partial charge on any atom is -0.481 e. The summed E-state index contributed by atoms with van der Waals surface area (Å²) in [6.07, 6.45) is 3.02. The molecule has 1 unspecified atom stereocenters. The largest absolute Gasteiger partial charge is 0.481 e. The number of nitrogens with one attached hydrogen (secondary N) is 1. The number of hydrogen-bond acceptors (Lipinski definition) is 5. The van der Waals surface area contributed by atoms with Crippen molar-refractivity contribution in [3.8, 4) is 5.75 Å². The Kier molecular flexibility index (Phi) is 6.11. The van der Waals surface area contributed by atoms with Gasteiger partial charge in [0.15, 0.2) is 6.10 Å². The lowest BCUT2D eigenvalue weighted by molar-refractivity contribution is -0.122. The molecule has 144 valence electrons. The second-order valence-electron chi connectivity index (χ2n) is 6.34. The standard InChI is InChI=1S/C20H22FNO4S/c1-3-25-20(24)17-15-6-4-5-7-16(15)27-19(17)22-18(23)12(2)26-14-10-8-13(21)9-11-14/h8-12H,3-7H2,1-2H3,(H,22,23). The van der Waals surface area contributed by atoms with Crippen molar-refractivity contribution in [2.75, 3.05) is 11.9 Å². The van der Waals surface area contributed by atoms with E-state index in [1.165, 1.54) is 35.6 Å². The number of thiophene rings is 1. The molecule has 1 amide bonds. The molecule has 1 N–H and O–H groups in total. The van der Waals surface area contributed by atoms with E-state index in [2.05, 4.69) is 5.32 Å². The van der Waals surface area contributed by atoms with Gasteiger partial charge in [0.05, 0.1) is 12.2 Å². The third-order valence-electron chi connectivity index (χ3n) is 4.38. The molecule has 1 atom stereocenters. The van der Waals surface area contributed by atoms with Gasteiger partial charge in [-0.1, -0.05) is 0 Å². The molecule has 7 heteroatoms. The average Bonchev–Trinajstić information content (AvgIpc) is 3.01. The molecule has 0 bridgehead atoms. The van der Waals surface area contributed by atoms with E-state index in [4.69, 9.17) is 9.47 Å². The van der Waals surface area contributed by atoms with Gasteiger partial charge in [-0.3, -0.25) is 4.79 Å². The minimum atomic E-state index is -0.801. The van der Waals surface area contributed by atoms with Crippen LogP contribution in [-0.4, -0.2) is 24.6 Å². The van der Waals surface area contributed by atoms with Crippen LogP contribution in [0.2, 0.25) is 0 Å². The topological polar surface area (TPSA) is 64.6 Å². The van der Waals surface area contributed by atoms with Crippen molar-refractivity contribution in [1.29, 1.82) is 0 Å². The summed E-state index contributed by atoms with van der Waals surface area (Å²) in [5.41, 5.74) is 1.46. The van der Waals surface area contributed by atoms with Gasteiger partial charge in [-0.05, 0) is 69.4 Å². The summed E-state index contributed by atoms with van der Waals surface area (Å²) in [5, 5.41) is 3.33. The zero-order chi connectivity index (χ0) is 19.4. The Morgan fingerprint density at radius 1 is 1.22 bits per heavy atom. The van der Waals surface area contributed by atoms with Crippen LogP contribution in [0.4, 0.5) is 9.39 Å². The van der Waals surface area contributed by atoms with Crippen molar-refractivity contribution >= 4 is 28.2 Å². The molecule has 5 nitrogen and oxygen atoms in total. The zero-order valence-corrected chi connectivity index (χ0v) is 16.2. The maximum absolute atomic E-state index is 13.0. The number of halogens is 1. The second kappa shape index (κ2) is 8.52. The molecule has 0 radical (unpaired) electrons. The van der Waals surface area contributed by atoms with E-state index < -0.39 is 12.1 Å². The Morgan fingerprint density at radius 3 is 2.63 bits per heavy atom. The van der Waals surface area contributed by atoms with E-state index in [-0.39, 0.29) is 18.3 Å². The van der Waals surface area contributed by atoms with Crippen molar-refractivity contribution < 1.29 is 23.5 Å². The van der Waals surface area contributed by atoms with Gasteiger partial charge in [0.2, 0.25) is 0 Å². The van der Waals surface area contributed by atoms with Crippen molar-refractivity contribution in [2.24, 2.45) is 0 Å². The molecule has 0 spiro atoms. The van der Waals surface area contributed by atoms with Gasteiger partial charge in [-0.2, -0.15) is 0 Å². The number of anilines is 1. The van der Waals surface area contributed by atoms with Gasteiger partial charge in [0.1, 0.15) is 16.6 Å². The number of amides is 1. The number of carbonyl (C=O) groups is 2. The first-order valence-corrected chi connectivity index (χ1v) is 9.86.